The van der Waals surface area contributed by atoms with E-state index in [1.54, 1.807) is 0 Å². The third-order valence-corrected chi connectivity index (χ3v) is 5.32. The Morgan fingerprint density at radius 3 is 2.50 bits per heavy atom. The molecule has 3 heteroatoms. The van der Waals surface area contributed by atoms with E-state index in [4.69, 9.17) is 23.2 Å². The molecular weight excluding hydrogens is 289 g/mol. The van der Waals surface area contributed by atoms with Crippen LogP contribution in [0.2, 0.25) is 10.0 Å². The summed E-state index contributed by atoms with van der Waals surface area (Å²) in [6.07, 6.45) is 6.92. The fourth-order valence-electron chi connectivity index (χ4n) is 3.02. The van der Waals surface area contributed by atoms with Gasteiger partial charge in [0.15, 0.2) is 0 Å². The first-order chi connectivity index (χ1) is 9.56. The topological polar surface area (TPSA) is 12.0 Å². The quantitative estimate of drug-likeness (QED) is 0.717. The summed E-state index contributed by atoms with van der Waals surface area (Å²) in [5, 5.41) is 4.86. The van der Waals surface area contributed by atoms with E-state index in [0.717, 1.165) is 18.4 Å². The minimum atomic E-state index is 0.326. The molecule has 1 aliphatic carbocycles. The summed E-state index contributed by atoms with van der Waals surface area (Å²) in [4.78, 5) is 0. The maximum absolute atomic E-state index is 6.07. The standard InChI is InChI=1S/C17H25Cl2N/c1-12-3-5-14(6-4-12)9-10-20-13(2)15-7-8-16(18)17(19)11-15/h7-8,11-14,20H,3-6,9-10H2,1-2H3. The maximum Gasteiger partial charge on any atom is 0.0595 e. The van der Waals surface area contributed by atoms with Gasteiger partial charge in [-0.05, 0) is 49.4 Å². The summed E-state index contributed by atoms with van der Waals surface area (Å²) in [5.74, 6) is 1.86. The number of halogens is 2. The van der Waals surface area contributed by atoms with Gasteiger partial charge in [0.2, 0.25) is 0 Å². The van der Waals surface area contributed by atoms with Gasteiger partial charge in [0, 0.05) is 6.04 Å². The third kappa shape index (κ3) is 4.65. The van der Waals surface area contributed by atoms with Gasteiger partial charge in [-0.25, -0.2) is 0 Å². The molecule has 0 aliphatic heterocycles. The fraction of sp³-hybridized carbons (Fsp3) is 0.647. The lowest BCUT2D eigenvalue weighted by Gasteiger charge is -2.26. The molecule has 1 fully saturated rings. The Balaban J connectivity index is 1.74. The molecule has 1 aromatic rings. The second-order valence-corrected chi connectivity index (χ2v) is 7.08. The molecule has 112 valence electrons. The van der Waals surface area contributed by atoms with Crippen LogP contribution in [0.5, 0.6) is 0 Å². The molecule has 1 aliphatic rings. The van der Waals surface area contributed by atoms with Crippen molar-refractivity contribution in [3.8, 4) is 0 Å². The highest BCUT2D eigenvalue weighted by Crippen LogP contribution is 2.30. The zero-order valence-corrected chi connectivity index (χ0v) is 14.0. The van der Waals surface area contributed by atoms with E-state index in [-0.39, 0.29) is 0 Å². The average molecular weight is 314 g/mol. The van der Waals surface area contributed by atoms with Gasteiger partial charge in [0.1, 0.15) is 0 Å². The largest absolute Gasteiger partial charge is 0.310 e. The van der Waals surface area contributed by atoms with Gasteiger partial charge < -0.3 is 5.32 Å². The van der Waals surface area contributed by atoms with E-state index in [1.807, 2.05) is 18.2 Å². The minimum Gasteiger partial charge on any atom is -0.310 e. The molecule has 0 amide bonds. The van der Waals surface area contributed by atoms with Crippen molar-refractivity contribution >= 4 is 23.2 Å². The molecule has 1 nitrogen and oxygen atoms in total. The Labute approximate surface area is 133 Å². The van der Waals surface area contributed by atoms with Crippen LogP contribution in [0.4, 0.5) is 0 Å². The molecular formula is C17H25Cl2N. The molecule has 1 unspecified atom stereocenters. The van der Waals surface area contributed by atoms with Crippen LogP contribution in [0.1, 0.15) is 57.6 Å². The van der Waals surface area contributed by atoms with Gasteiger partial charge in [-0.1, -0.05) is 61.9 Å². The van der Waals surface area contributed by atoms with Crippen LogP contribution in [0.15, 0.2) is 18.2 Å². The van der Waals surface area contributed by atoms with Crippen LogP contribution >= 0.6 is 23.2 Å². The third-order valence-electron chi connectivity index (χ3n) is 4.58. The summed E-state index contributed by atoms with van der Waals surface area (Å²) in [5.41, 5.74) is 1.21. The summed E-state index contributed by atoms with van der Waals surface area (Å²) >= 11 is 12.0. The highest BCUT2D eigenvalue weighted by molar-refractivity contribution is 6.42. The molecule has 1 N–H and O–H groups in total. The predicted octanol–water partition coefficient (Wildman–Crippen LogP) is 5.86. The molecule has 1 saturated carbocycles. The van der Waals surface area contributed by atoms with E-state index in [9.17, 15) is 0 Å². The first kappa shape index (κ1) is 16.1. The van der Waals surface area contributed by atoms with Gasteiger partial charge in [-0.15, -0.1) is 0 Å². The Kier molecular flexibility index (Phi) is 6.20. The Morgan fingerprint density at radius 2 is 1.85 bits per heavy atom. The van der Waals surface area contributed by atoms with Gasteiger partial charge in [0.05, 0.1) is 10.0 Å². The molecule has 1 atom stereocenters. The molecule has 20 heavy (non-hydrogen) atoms. The molecule has 2 rings (SSSR count). The Morgan fingerprint density at radius 1 is 1.15 bits per heavy atom. The lowest BCUT2D eigenvalue weighted by molar-refractivity contribution is 0.273. The van der Waals surface area contributed by atoms with Crippen LogP contribution in [0.25, 0.3) is 0 Å². The van der Waals surface area contributed by atoms with Crippen molar-refractivity contribution in [2.45, 2.75) is 52.0 Å². The van der Waals surface area contributed by atoms with E-state index in [1.165, 1.54) is 37.7 Å². The summed E-state index contributed by atoms with van der Waals surface area (Å²) in [6, 6.07) is 6.21. The van der Waals surface area contributed by atoms with Gasteiger partial charge in [0.25, 0.3) is 0 Å². The Bertz CT molecular complexity index is 425. The molecule has 0 heterocycles. The van der Waals surface area contributed by atoms with E-state index >= 15 is 0 Å². The second kappa shape index (κ2) is 7.68. The zero-order chi connectivity index (χ0) is 14.5. The molecule has 0 radical (unpaired) electrons. The van der Waals surface area contributed by atoms with Crippen molar-refractivity contribution in [2.24, 2.45) is 11.8 Å². The lowest BCUT2D eigenvalue weighted by Crippen LogP contribution is -2.23. The van der Waals surface area contributed by atoms with Crippen LogP contribution in [-0.2, 0) is 0 Å². The van der Waals surface area contributed by atoms with E-state index < -0.39 is 0 Å². The molecule has 0 bridgehead atoms. The molecule has 1 aromatic carbocycles. The number of nitrogens with one attached hydrogen (secondary N) is 1. The van der Waals surface area contributed by atoms with Crippen LogP contribution < -0.4 is 5.32 Å². The lowest BCUT2D eigenvalue weighted by atomic mass is 9.81. The van der Waals surface area contributed by atoms with Crippen molar-refractivity contribution in [1.29, 1.82) is 0 Å². The SMILES string of the molecule is CC1CCC(CCNC(C)c2ccc(Cl)c(Cl)c2)CC1. The highest BCUT2D eigenvalue weighted by Gasteiger charge is 2.18. The number of rotatable bonds is 5. The monoisotopic (exact) mass is 313 g/mol. The van der Waals surface area contributed by atoms with E-state index in [2.05, 4.69) is 19.2 Å². The van der Waals surface area contributed by atoms with Crippen molar-refractivity contribution in [3.05, 3.63) is 33.8 Å². The van der Waals surface area contributed by atoms with Crippen LogP contribution in [0, 0.1) is 11.8 Å². The summed E-state index contributed by atoms with van der Waals surface area (Å²) < 4.78 is 0. The van der Waals surface area contributed by atoms with Gasteiger partial charge in [-0.3, -0.25) is 0 Å². The average Bonchev–Trinajstić information content (AvgIpc) is 2.44. The highest BCUT2D eigenvalue weighted by atomic mass is 35.5. The van der Waals surface area contributed by atoms with Crippen molar-refractivity contribution in [1.82, 2.24) is 5.32 Å². The van der Waals surface area contributed by atoms with Gasteiger partial charge >= 0.3 is 0 Å². The van der Waals surface area contributed by atoms with Crippen LogP contribution in [0.3, 0.4) is 0 Å². The molecule has 0 saturated heterocycles. The second-order valence-electron chi connectivity index (χ2n) is 6.26. The van der Waals surface area contributed by atoms with Crippen molar-refractivity contribution in [2.75, 3.05) is 6.54 Å². The van der Waals surface area contributed by atoms with Crippen molar-refractivity contribution in [3.63, 3.8) is 0 Å². The fourth-order valence-corrected chi connectivity index (χ4v) is 3.33. The summed E-state index contributed by atoms with van der Waals surface area (Å²) in [7, 11) is 0. The predicted molar refractivity (Wildman–Crippen MR) is 88.6 cm³/mol. The zero-order valence-electron chi connectivity index (χ0n) is 12.5. The first-order valence-electron chi connectivity index (χ1n) is 7.74. The Hall–Kier alpha value is -0.240. The minimum absolute atomic E-state index is 0.326. The number of hydrogen-bond acceptors (Lipinski definition) is 1. The van der Waals surface area contributed by atoms with Gasteiger partial charge in [-0.2, -0.15) is 0 Å². The molecule has 0 spiro atoms. The maximum atomic E-state index is 6.07. The number of benzene rings is 1. The van der Waals surface area contributed by atoms with E-state index in [0.29, 0.717) is 16.1 Å². The summed E-state index contributed by atoms with van der Waals surface area (Å²) in [6.45, 7) is 5.64. The smallest absolute Gasteiger partial charge is 0.0595 e. The van der Waals surface area contributed by atoms with Crippen LogP contribution in [-0.4, -0.2) is 6.54 Å². The molecule has 0 aromatic heterocycles. The van der Waals surface area contributed by atoms with Crippen molar-refractivity contribution < 1.29 is 0 Å². The normalized spacial score (nSPS) is 24.6. The number of hydrogen-bond donors (Lipinski definition) is 1. The first-order valence-corrected chi connectivity index (χ1v) is 8.50.